The highest BCUT2D eigenvalue weighted by Crippen LogP contribution is 2.22. The van der Waals surface area contributed by atoms with Crippen LogP contribution >= 0.6 is 23.2 Å². The number of nitrogens with zero attached hydrogens (tertiary/aromatic N) is 1. The second kappa shape index (κ2) is 5.91. The molecule has 1 aliphatic rings. The lowest BCUT2D eigenvalue weighted by molar-refractivity contribution is 0.0766. The van der Waals surface area contributed by atoms with Crippen LogP contribution in [0.25, 0.3) is 0 Å². The van der Waals surface area contributed by atoms with E-state index in [0.29, 0.717) is 28.2 Å². The molecule has 98 valence electrons. The lowest BCUT2D eigenvalue weighted by Gasteiger charge is -2.20. The van der Waals surface area contributed by atoms with E-state index in [-0.39, 0.29) is 5.91 Å². The van der Waals surface area contributed by atoms with Gasteiger partial charge in [-0.05, 0) is 31.5 Å². The van der Waals surface area contributed by atoms with Gasteiger partial charge in [-0.15, -0.1) is 0 Å². The van der Waals surface area contributed by atoms with Crippen molar-refractivity contribution in [3.63, 3.8) is 0 Å². The Morgan fingerprint density at radius 2 is 2.17 bits per heavy atom. The van der Waals surface area contributed by atoms with E-state index in [1.54, 1.807) is 18.2 Å². The van der Waals surface area contributed by atoms with Gasteiger partial charge < -0.3 is 10.2 Å². The van der Waals surface area contributed by atoms with Crippen molar-refractivity contribution in [1.82, 2.24) is 10.2 Å². The number of benzene rings is 1. The van der Waals surface area contributed by atoms with Crippen LogP contribution in [0.2, 0.25) is 10.0 Å². The molecule has 18 heavy (non-hydrogen) atoms. The largest absolute Gasteiger partial charge is 0.337 e. The first-order chi connectivity index (χ1) is 8.58. The summed E-state index contributed by atoms with van der Waals surface area (Å²) in [5.74, 6) is -0.0431. The average Bonchev–Trinajstić information content (AvgIpc) is 2.56. The second-order valence-corrected chi connectivity index (χ2v) is 5.40. The lowest BCUT2D eigenvalue weighted by atomic mass is 10.2. The molecule has 1 atom stereocenters. The number of rotatable bonds is 1. The average molecular weight is 287 g/mol. The van der Waals surface area contributed by atoms with Crippen molar-refractivity contribution in [3.8, 4) is 0 Å². The highest BCUT2D eigenvalue weighted by molar-refractivity contribution is 6.35. The van der Waals surface area contributed by atoms with Crippen LogP contribution in [0.15, 0.2) is 18.2 Å². The van der Waals surface area contributed by atoms with Crippen molar-refractivity contribution in [2.75, 3.05) is 19.6 Å². The third-order valence-corrected chi connectivity index (χ3v) is 3.72. The predicted octanol–water partition coefficient (Wildman–Crippen LogP) is 2.82. The summed E-state index contributed by atoms with van der Waals surface area (Å²) in [6, 6.07) is 5.42. The van der Waals surface area contributed by atoms with E-state index in [1.165, 1.54) is 0 Å². The Labute approximate surface area is 117 Å². The van der Waals surface area contributed by atoms with Crippen molar-refractivity contribution in [3.05, 3.63) is 33.8 Å². The van der Waals surface area contributed by atoms with Gasteiger partial charge in [0.15, 0.2) is 0 Å². The van der Waals surface area contributed by atoms with Crippen molar-refractivity contribution in [2.24, 2.45) is 0 Å². The first-order valence-corrected chi connectivity index (χ1v) is 6.81. The number of carbonyl (C=O) groups is 1. The minimum Gasteiger partial charge on any atom is -0.337 e. The van der Waals surface area contributed by atoms with Crippen LogP contribution in [0.4, 0.5) is 0 Å². The lowest BCUT2D eigenvalue weighted by Crippen LogP contribution is -2.34. The van der Waals surface area contributed by atoms with Crippen LogP contribution < -0.4 is 5.32 Å². The topological polar surface area (TPSA) is 32.3 Å². The monoisotopic (exact) mass is 286 g/mol. The molecule has 1 N–H and O–H groups in total. The molecule has 1 aliphatic heterocycles. The number of nitrogens with one attached hydrogen (secondary N) is 1. The summed E-state index contributed by atoms with van der Waals surface area (Å²) < 4.78 is 0. The van der Waals surface area contributed by atoms with Gasteiger partial charge in [0.1, 0.15) is 0 Å². The van der Waals surface area contributed by atoms with Crippen LogP contribution in [0, 0.1) is 0 Å². The molecule has 1 amide bonds. The number of carbonyl (C=O) groups excluding carboxylic acids is 1. The second-order valence-electron chi connectivity index (χ2n) is 4.56. The molecule has 5 heteroatoms. The summed E-state index contributed by atoms with van der Waals surface area (Å²) in [6.07, 6.45) is 0.948. The van der Waals surface area contributed by atoms with Crippen molar-refractivity contribution >= 4 is 29.1 Å². The standard InChI is InChI=1S/C13H16Cl2N2O/c1-9-4-6-17(7-5-16-9)13(18)11-8-10(14)2-3-12(11)15/h2-3,8-9,16H,4-7H2,1H3. The number of hydrogen-bond donors (Lipinski definition) is 1. The maximum atomic E-state index is 12.4. The van der Waals surface area contributed by atoms with Gasteiger partial charge in [-0.1, -0.05) is 23.2 Å². The molecule has 0 aromatic heterocycles. The van der Waals surface area contributed by atoms with E-state index in [4.69, 9.17) is 23.2 Å². The van der Waals surface area contributed by atoms with E-state index >= 15 is 0 Å². The van der Waals surface area contributed by atoms with E-state index < -0.39 is 0 Å². The minimum absolute atomic E-state index is 0.0431. The van der Waals surface area contributed by atoms with E-state index in [2.05, 4.69) is 12.2 Å². The fourth-order valence-corrected chi connectivity index (χ4v) is 2.41. The highest BCUT2D eigenvalue weighted by Gasteiger charge is 2.21. The quantitative estimate of drug-likeness (QED) is 0.861. The molecule has 1 aromatic rings. The van der Waals surface area contributed by atoms with Gasteiger partial charge >= 0.3 is 0 Å². The third kappa shape index (κ3) is 3.16. The first kappa shape index (κ1) is 13.7. The van der Waals surface area contributed by atoms with E-state index in [9.17, 15) is 4.79 Å². The van der Waals surface area contributed by atoms with Crippen LogP contribution in [-0.4, -0.2) is 36.5 Å². The molecular formula is C13H16Cl2N2O. The molecule has 1 heterocycles. The van der Waals surface area contributed by atoms with Crippen LogP contribution in [-0.2, 0) is 0 Å². The van der Waals surface area contributed by atoms with Gasteiger partial charge in [-0.2, -0.15) is 0 Å². The van der Waals surface area contributed by atoms with Crippen molar-refractivity contribution in [2.45, 2.75) is 19.4 Å². The number of amides is 1. The number of halogens is 2. The van der Waals surface area contributed by atoms with Gasteiger partial charge in [-0.25, -0.2) is 0 Å². The highest BCUT2D eigenvalue weighted by atomic mass is 35.5. The molecule has 1 unspecified atom stereocenters. The Morgan fingerprint density at radius 3 is 2.94 bits per heavy atom. The van der Waals surface area contributed by atoms with Crippen LogP contribution in [0.1, 0.15) is 23.7 Å². The molecule has 3 nitrogen and oxygen atoms in total. The summed E-state index contributed by atoms with van der Waals surface area (Å²) >= 11 is 12.0. The minimum atomic E-state index is -0.0431. The maximum Gasteiger partial charge on any atom is 0.255 e. The Kier molecular flexibility index (Phi) is 4.49. The molecule has 0 bridgehead atoms. The predicted molar refractivity (Wildman–Crippen MR) is 74.4 cm³/mol. The van der Waals surface area contributed by atoms with Crippen molar-refractivity contribution < 1.29 is 4.79 Å². The van der Waals surface area contributed by atoms with Crippen molar-refractivity contribution in [1.29, 1.82) is 0 Å². The van der Waals surface area contributed by atoms with Gasteiger partial charge in [0.05, 0.1) is 10.6 Å². The summed E-state index contributed by atoms with van der Waals surface area (Å²) in [7, 11) is 0. The fourth-order valence-electron chi connectivity index (χ4n) is 2.04. The summed E-state index contributed by atoms with van der Waals surface area (Å²) in [5, 5.41) is 4.34. The zero-order chi connectivity index (χ0) is 13.1. The molecule has 1 aromatic carbocycles. The fraction of sp³-hybridized carbons (Fsp3) is 0.462. The zero-order valence-electron chi connectivity index (χ0n) is 10.2. The van der Waals surface area contributed by atoms with Crippen LogP contribution in [0.5, 0.6) is 0 Å². The van der Waals surface area contributed by atoms with Gasteiger partial charge in [0, 0.05) is 30.7 Å². The smallest absolute Gasteiger partial charge is 0.255 e. The normalized spacial score (nSPS) is 20.6. The van der Waals surface area contributed by atoms with Gasteiger partial charge in [0.2, 0.25) is 0 Å². The Hall–Kier alpha value is -0.770. The van der Waals surface area contributed by atoms with E-state index in [0.717, 1.165) is 19.5 Å². The first-order valence-electron chi connectivity index (χ1n) is 6.05. The Balaban J connectivity index is 2.17. The Morgan fingerprint density at radius 1 is 1.39 bits per heavy atom. The van der Waals surface area contributed by atoms with E-state index in [1.807, 2.05) is 4.90 Å². The molecule has 0 spiro atoms. The molecule has 0 saturated carbocycles. The van der Waals surface area contributed by atoms with Gasteiger partial charge in [-0.3, -0.25) is 4.79 Å². The molecule has 2 rings (SSSR count). The molecule has 1 fully saturated rings. The summed E-state index contributed by atoms with van der Waals surface area (Å²) in [5.41, 5.74) is 0.485. The van der Waals surface area contributed by atoms with Gasteiger partial charge in [0.25, 0.3) is 5.91 Å². The zero-order valence-corrected chi connectivity index (χ0v) is 11.8. The van der Waals surface area contributed by atoms with Crippen LogP contribution in [0.3, 0.4) is 0 Å². The third-order valence-electron chi connectivity index (χ3n) is 3.15. The molecule has 0 radical (unpaired) electrons. The molecular weight excluding hydrogens is 271 g/mol. The molecule has 1 saturated heterocycles. The number of hydrogen-bond acceptors (Lipinski definition) is 2. The molecule has 0 aliphatic carbocycles. The SMILES string of the molecule is CC1CCN(C(=O)c2cc(Cl)ccc2Cl)CCN1. The summed E-state index contributed by atoms with van der Waals surface area (Å²) in [6.45, 7) is 4.38. The summed E-state index contributed by atoms with van der Waals surface area (Å²) in [4.78, 5) is 14.2. The Bertz CT molecular complexity index is 451. The maximum absolute atomic E-state index is 12.4.